The SMILES string of the molecule is O=C(NC/C(=N/O)C(F)(F)F)c1ccc(C2=NOC(c3cc(Cl)c(F)c(Cl)c3)(C(F)(F)F)C2)c2ccccc12. The second-order valence-corrected chi connectivity index (χ2v) is 9.13. The number of hydrogen-bond acceptors (Lipinski definition) is 5. The number of amides is 1. The molecule has 1 aliphatic rings. The molecule has 0 aromatic heterocycles. The molecule has 1 unspecified atom stereocenters. The molecule has 3 aromatic rings. The van der Waals surface area contributed by atoms with Crippen molar-refractivity contribution in [3.05, 3.63) is 81.1 Å². The van der Waals surface area contributed by atoms with E-state index in [1.54, 1.807) is 0 Å². The summed E-state index contributed by atoms with van der Waals surface area (Å²) < 4.78 is 95.4. The van der Waals surface area contributed by atoms with Crippen LogP contribution < -0.4 is 5.32 Å². The van der Waals surface area contributed by atoms with Crippen molar-refractivity contribution >= 4 is 51.3 Å². The standard InChI is InChI=1S/C24H14Cl2F7N3O3/c25-16-7-11(8-17(26)20(16)27)22(24(31,32)33)9-18(36-39-22)14-5-6-15(13-4-2-1-3-12(13)14)21(37)34-10-19(35-38)23(28,29)30/h1-8,38H,9-10H2,(H,34,37)/b35-19-. The smallest absolute Gasteiger partial charge is 0.411 e. The van der Waals surface area contributed by atoms with Crippen LogP contribution in [0, 0.1) is 5.82 Å². The minimum atomic E-state index is -5.05. The van der Waals surface area contributed by atoms with Crippen LogP contribution in [0.5, 0.6) is 0 Å². The molecule has 0 fully saturated rings. The lowest BCUT2D eigenvalue weighted by molar-refractivity contribution is -0.275. The Morgan fingerprint density at radius 1 is 1.05 bits per heavy atom. The van der Waals surface area contributed by atoms with Gasteiger partial charge in [-0.05, 0) is 29.0 Å². The third kappa shape index (κ3) is 5.20. The van der Waals surface area contributed by atoms with Gasteiger partial charge < -0.3 is 15.4 Å². The molecule has 0 aliphatic carbocycles. The molecular formula is C24H14Cl2F7N3O3. The minimum Gasteiger partial charge on any atom is -0.411 e. The minimum absolute atomic E-state index is 0.104. The molecule has 1 aliphatic heterocycles. The van der Waals surface area contributed by atoms with Gasteiger partial charge >= 0.3 is 12.4 Å². The van der Waals surface area contributed by atoms with Crippen LogP contribution in [0.15, 0.2) is 58.8 Å². The summed E-state index contributed by atoms with van der Waals surface area (Å²) in [5.41, 5.74) is -5.43. The fourth-order valence-corrected chi connectivity index (χ4v) is 4.52. The maximum atomic E-state index is 14.4. The molecule has 3 aromatic carbocycles. The Morgan fingerprint density at radius 2 is 1.67 bits per heavy atom. The highest BCUT2D eigenvalue weighted by atomic mass is 35.5. The van der Waals surface area contributed by atoms with E-state index in [-0.39, 0.29) is 27.6 Å². The molecule has 4 rings (SSSR count). The molecule has 6 nitrogen and oxygen atoms in total. The number of hydrogen-bond donors (Lipinski definition) is 2. The van der Waals surface area contributed by atoms with Crippen LogP contribution >= 0.6 is 23.2 Å². The number of benzene rings is 3. The van der Waals surface area contributed by atoms with Crippen LogP contribution in [0.2, 0.25) is 10.0 Å². The molecule has 15 heteroatoms. The lowest BCUT2D eigenvalue weighted by Crippen LogP contribution is -2.42. The molecule has 0 spiro atoms. The van der Waals surface area contributed by atoms with E-state index in [9.17, 15) is 35.5 Å². The van der Waals surface area contributed by atoms with E-state index in [1.165, 1.54) is 36.4 Å². The Morgan fingerprint density at radius 3 is 2.23 bits per heavy atom. The average molecular weight is 596 g/mol. The van der Waals surface area contributed by atoms with Crippen LogP contribution in [-0.2, 0) is 10.4 Å². The van der Waals surface area contributed by atoms with Gasteiger partial charge in [0.1, 0.15) is 0 Å². The number of halogens is 9. The molecule has 1 atom stereocenters. The van der Waals surface area contributed by atoms with Gasteiger partial charge in [0, 0.05) is 23.1 Å². The molecule has 1 amide bonds. The molecule has 1 heterocycles. The fourth-order valence-electron chi connectivity index (χ4n) is 4.04. The van der Waals surface area contributed by atoms with Gasteiger partial charge in [-0.25, -0.2) is 4.39 Å². The van der Waals surface area contributed by atoms with Gasteiger partial charge in [-0.1, -0.05) is 63.8 Å². The molecule has 206 valence electrons. The number of carbonyl (C=O) groups is 1. The van der Waals surface area contributed by atoms with E-state index in [2.05, 4.69) is 10.3 Å². The first-order chi connectivity index (χ1) is 18.2. The molecule has 0 saturated heterocycles. The van der Waals surface area contributed by atoms with Crippen molar-refractivity contribution in [2.45, 2.75) is 24.4 Å². The third-order valence-corrected chi connectivity index (χ3v) is 6.53. The highest BCUT2D eigenvalue weighted by molar-refractivity contribution is 6.35. The number of nitrogens with zero attached hydrogens (tertiary/aromatic N) is 2. The zero-order valence-corrected chi connectivity index (χ0v) is 20.6. The van der Waals surface area contributed by atoms with Crippen molar-refractivity contribution in [1.82, 2.24) is 5.32 Å². The van der Waals surface area contributed by atoms with Gasteiger partial charge in [-0.3, -0.25) is 4.79 Å². The van der Waals surface area contributed by atoms with Crippen molar-refractivity contribution in [2.24, 2.45) is 10.3 Å². The van der Waals surface area contributed by atoms with Gasteiger partial charge in [0.2, 0.25) is 0 Å². The molecule has 39 heavy (non-hydrogen) atoms. The van der Waals surface area contributed by atoms with E-state index in [4.69, 9.17) is 33.2 Å². The van der Waals surface area contributed by atoms with Gasteiger partial charge in [0.05, 0.1) is 22.3 Å². The van der Waals surface area contributed by atoms with E-state index in [0.29, 0.717) is 0 Å². The summed E-state index contributed by atoms with van der Waals surface area (Å²) in [4.78, 5) is 17.6. The van der Waals surface area contributed by atoms with Gasteiger partial charge in [-0.2, -0.15) is 26.3 Å². The Kier molecular flexibility index (Phi) is 7.43. The summed E-state index contributed by atoms with van der Waals surface area (Å²) >= 11 is 11.5. The summed E-state index contributed by atoms with van der Waals surface area (Å²) in [6.45, 7) is -1.13. The van der Waals surface area contributed by atoms with Gasteiger partial charge in [0.25, 0.3) is 11.5 Å². The van der Waals surface area contributed by atoms with Crippen molar-refractivity contribution in [3.8, 4) is 0 Å². The maximum absolute atomic E-state index is 14.4. The van der Waals surface area contributed by atoms with Crippen LogP contribution in [0.25, 0.3) is 10.8 Å². The van der Waals surface area contributed by atoms with Crippen LogP contribution in [0.3, 0.4) is 0 Å². The first kappa shape index (κ1) is 28.4. The van der Waals surface area contributed by atoms with Gasteiger partial charge in [0.15, 0.2) is 11.5 Å². The number of rotatable bonds is 5. The lowest BCUT2D eigenvalue weighted by atomic mass is 9.85. The maximum Gasteiger partial charge on any atom is 0.435 e. The molecule has 2 N–H and O–H groups in total. The Labute approximate surface area is 224 Å². The molecule has 0 bridgehead atoms. The summed E-state index contributed by atoms with van der Waals surface area (Å²) in [5.74, 6) is -2.07. The predicted molar refractivity (Wildman–Crippen MR) is 128 cm³/mol. The number of fused-ring (bicyclic) bond motifs is 1. The average Bonchev–Trinajstić information content (AvgIpc) is 3.32. The Balaban J connectivity index is 1.71. The second-order valence-electron chi connectivity index (χ2n) is 8.32. The van der Waals surface area contributed by atoms with Gasteiger partial charge in [-0.15, -0.1) is 0 Å². The zero-order chi connectivity index (χ0) is 28.8. The predicted octanol–water partition coefficient (Wildman–Crippen LogP) is 6.99. The number of nitrogens with one attached hydrogen (secondary N) is 1. The monoisotopic (exact) mass is 595 g/mol. The van der Waals surface area contributed by atoms with E-state index < -0.39 is 64.0 Å². The molecular weight excluding hydrogens is 582 g/mol. The second kappa shape index (κ2) is 10.2. The van der Waals surface area contributed by atoms with Crippen molar-refractivity contribution < 1.29 is 45.6 Å². The summed E-state index contributed by atoms with van der Waals surface area (Å²) in [6.07, 6.45) is -10.9. The quantitative estimate of drug-likeness (QED) is 0.110. The largest absolute Gasteiger partial charge is 0.435 e. The van der Waals surface area contributed by atoms with Crippen molar-refractivity contribution in [3.63, 3.8) is 0 Å². The molecule has 0 saturated carbocycles. The van der Waals surface area contributed by atoms with Crippen LogP contribution in [0.1, 0.15) is 27.9 Å². The first-order valence-corrected chi connectivity index (χ1v) is 11.5. The summed E-state index contributed by atoms with van der Waals surface area (Å²) in [6, 6.07) is 9.88. The normalized spacial score (nSPS) is 18.2. The lowest BCUT2D eigenvalue weighted by Gasteiger charge is -2.29. The van der Waals surface area contributed by atoms with Crippen molar-refractivity contribution in [2.75, 3.05) is 6.54 Å². The topological polar surface area (TPSA) is 83.3 Å². The molecule has 0 radical (unpaired) electrons. The van der Waals surface area contributed by atoms with E-state index in [0.717, 1.165) is 12.1 Å². The fraction of sp³-hybridized carbons (Fsp3) is 0.208. The Bertz CT molecular complexity index is 1500. The highest BCUT2D eigenvalue weighted by Gasteiger charge is 2.62. The van der Waals surface area contributed by atoms with Crippen molar-refractivity contribution in [1.29, 1.82) is 0 Å². The number of oxime groups is 2. The number of carbonyl (C=O) groups excluding carboxylic acids is 1. The zero-order valence-electron chi connectivity index (χ0n) is 19.1. The first-order valence-electron chi connectivity index (χ1n) is 10.7. The van der Waals surface area contributed by atoms with E-state index in [1.807, 2.05) is 5.32 Å². The van der Waals surface area contributed by atoms with Crippen LogP contribution in [0.4, 0.5) is 30.7 Å². The third-order valence-electron chi connectivity index (χ3n) is 5.98. The Hall–Kier alpha value is -3.58. The summed E-state index contributed by atoms with van der Waals surface area (Å²) in [5, 5.41) is 15.5. The number of alkyl halides is 6. The highest BCUT2D eigenvalue weighted by Crippen LogP contribution is 2.50. The summed E-state index contributed by atoms with van der Waals surface area (Å²) in [7, 11) is 0. The van der Waals surface area contributed by atoms with Crippen LogP contribution in [-0.4, -0.2) is 41.4 Å². The van der Waals surface area contributed by atoms with E-state index >= 15 is 0 Å².